The van der Waals surface area contributed by atoms with Crippen LogP contribution in [0.2, 0.25) is 0 Å². The van der Waals surface area contributed by atoms with Gasteiger partial charge in [0.1, 0.15) is 0 Å². The highest BCUT2D eigenvalue weighted by Gasteiger charge is 2.49. The first-order chi connectivity index (χ1) is 12.6. The molecule has 0 N–H and O–H groups in total. The van der Waals surface area contributed by atoms with E-state index in [1.807, 2.05) is 7.11 Å². The van der Waals surface area contributed by atoms with Crippen LogP contribution in [0.4, 0.5) is 0 Å². The summed E-state index contributed by atoms with van der Waals surface area (Å²) < 4.78 is 5.57. The van der Waals surface area contributed by atoms with Gasteiger partial charge in [0.2, 0.25) is 5.91 Å². The zero-order valence-corrected chi connectivity index (χ0v) is 16.1. The lowest BCUT2D eigenvalue weighted by Crippen LogP contribution is -2.47. The lowest BCUT2D eigenvalue weighted by molar-refractivity contribution is -0.135. The molecule has 2 saturated heterocycles. The molecule has 3 fully saturated rings. The van der Waals surface area contributed by atoms with Gasteiger partial charge >= 0.3 is 0 Å². The zero-order chi connectivity index (χ0) is 18.1. The summed E-state index contributed by atoms with van der Waals surface area (Å²) in [6.07, 6.45) is 4.42. The third-order valence-electron chi connectivity index (χ3n) is 6.58. The fourth-order valence-electron chi connectivity index (χ4n) is 4.94. The molecule has 0 unspecified atom stereocenters. The van der Waals surface area contributed by atoms with Crippen molar-refractivity contribution in [2.45, 2.75) is 39.2 Å². The number of carbonyl (C=O) groups excluding carboxylic acids is 1. The number of hydrogen-bond donors (Lipinski definition) is 0. The maximum atomic E-state index is 12.4. The molecule has 0 aromatic carbocycles. The van der Waals surface area contributed by atoms with E-state index in [2.05, 4.69) is 39.9 Å². The molecule has 26 heavy (non-hydrogen) atoms. The Labute approximate surface area is 156 Å². The topological polar surface area (TPSA) is 45.7 Å². The Hall–Kier alpha value is -1.46. The van der Waals surface area contributed by atoms with Crippen molar-refractivity contribution in [3.05, 3.63) is 29.6 Å². The van der Waals surface area contributed by atoms with E-state index >= 15 is 0 Å². The molecule has 0 radical (unpaired) electrons. The summed E-state index contributed by atoms with van der Waals surface area (Å²) in [5.74, 6) is 1.30. The quantitative estimate of drug-likeness (QED) is 0.812. The van der Waals surface area contributed by atoms with Crippen molar-refractivity contribution in [2.75, 3.05) is 39.9 Å². The van der Waals surface area contributed by atoms with Crippen LogP contribution in [0.5, 0.6) is 0 Å². The number of aromatic nitrogens is 1. The van der Waals surface area contributed by atoms with Crippen molar-refractivity contribution in [1.29, 1.82) is 0 Å². The van der Waals surface area contributed by atoms with E-state index in [4.69, 9.17) is 4.74 Å². The third-order valence-corrected chi connectivity index (χ3v) is 6.58. The number of hydrogen-bond acceptors (Lipinski definition) is 4. The maximum Gasteiger partial charge on any atom is 0.225 e. The largest absolute Gasteiger partial charge is 0.384 e. The average Bonchev–Trinajstić information content (AvgIpc) is 3.42. The number of rotatable bonds is 5. The summed E-state index contributed by atoms with van der Waals surface area (Å²) in [5, 5.41) is 0. The Morgan fingerprint density at radius 1 is 1.31 bits per heavy atom. The van der Waals surface area contributed by atoms with Crippen molar-refractivity contribution in [3.63, 3.8) is 0 Å². The maximum absolute atomic E-state index is 12.4. The van der Waals surface area contributed by atoms with Crippen molar-refractivity contribution in [1.82, 2.24) is 14.8 Å². The molecule has 1 aromatic rings. The van der Waals surface area contributed by atoms with Gasteiger partial charge in [0.25, 0.3) is 0 Å². The van der Waals surface area contributed by atoms with Gasteiger partial charge in [-0.15, -0.1) is 0 Å². The molecule has 0 bridgehead atoms. The number of pyridine rings is 1. The molecule has 3 heterocycles. The number of methoxy groups -OCH3 is 1. The number of likely N-dealkylation sites (tertiary alicyclic amines) is 2. The van der Waals surface area contributed by atoms with Gasteiger partial charge in [0.05, 0.1) is 12.3 Å². The average molecular weight is 357 g/mol. The van der Waals surface area contributed by atoms with E-state index in [1.54, 1.807) is 0 Å². The number of nitrogens with zero attached hydrogens (tertiary/aromatic N) is 3. The molecule has 1 aliphatic carbocycles. The van der Waals surface area contributed by atoms with E-state index in [1.165, 1.54) is 0 Å². The van der Waals surface area contributed by atoms with Gasteiger partial charge in [0, 0.05) is 57.4 Å². The Kier molecular flexibility index (Phi) is 5.02. The number of carbonyl (C=O) groups is 1. The fraction of sp³-hybridized carbons (Fsp3) is 0.714. The normalized spacial score (nSPS) is 25.8. The highest BCUT2D eigenvalue weighted by molar-refractivity contribution is 5.81. The molecular weight excluding hydrogens is 326 g/mol. The van der Waals surface area contributed by atoms with Crippen LogP contribution in [0.15, 0.2) is 18.2 Å². The summed E-state index contributed by atoms with van der Waals surface area (Å²) in [5.41, 5.74) is 2.52. The zero-order valence-electron chi connectivity index (χ0n) is 16.1. The standard InChI is InChI=1S/C21H31N3O2/c1-16-4-3-5-19(22-16)13-23-12-18(14-26-2)21(15-23)8-10-24(11-9-21)20(25)17-6-7-17/h3-5,17-18H,6-15H2,1-2H3/t18-/m0/s1. The predicted molar refractivity (Wildman–Crippen MR) is 101 cm³/mol. The number of aryl methyl sites for hydroxylation is 1. The lowest BCUT2D eigenvalue weighted by Gasteiger charge is -2.42. The summed E-state index contributed by atoms with van der Waals surface area (Å²) in [6, 6.07) is 6.27. The van der Waals surface area contributed by atoms with Crippen LogP contribution < -0.4 is 0 Å². The van der Waals surface area contributed by atoms with Gasteiger partial charge in [-0.2, -0.15) is 0 Å². The first-order valence-electron chi connectivity index (χ1n) is 10.0. The molecule has 2 aliphatic heterocycles. The Bertz CT molecular complexity index is 650. The van der Waals surface area contributed by atoms with E-state index in [9.17, 15) is 4.79 Å². The Morgan fingerprint density at radius 3 is 2.73 bits per heavy atom. The summed E-state index contributed by atoms with van der Waals surface area (Å²) in [6.45, 7) is 7.79. The molecule has 1 aromatic heterocycles. The van der Waals surface area contributed by atoms with Crippen LogP contribution in [0.3, 0.4) is 0 Å². The molecule has 1 spiro atoms. The number of ether oxygens (including phenoxy) is 1. The lowest BCUT2D eigenvalue weighted by atomic mass is 9.71. The second-order valence-electron chi connectivity index (χ2n) is 8.55. The number of amides is 1. The predicted octanol–water partition coefficient (Wildman–Crippen LogP) is 2.49. The van der Waals surface area contributed by atoms with Gasteiger partial charge in [0.15, 0.2) is 0 Å². The van der Waals surface area contributed by atoms with Gasteiger partial charge in [-0.1, -0.05) is 6.07 Å². The first kappa shape index (κ1) is 17.9. The molecule has 1 atom stereocenters. The second-order valence-corrected chi connectivity index (χ2v) is 8.55. The van der Waals surface area contributed by atoms with Crippen molar-refractivity contribution < 1.29 is 9.53 Å². The highest BCUT2D eigenvalue weighted by Crippen LogP contribution is 2.46. The summed E-state index contributed by atoms with van der Waals surface area (Å²) in [4.78, 5) is 21.7. The second kappa shape index (κ2) is 7.28. The first-order valence-corrected chi connectivity index (χ1v) is 10.0. The minimum Gasteiger partial charge on any atom is -0.384 e. The van der Waals surface area contributed by atoms with Crippen LogP contribution >= 0.6 is 0 Å². The molecule has 3 aliphatic rings. The highest BCUT2D eigenvalue weighted by atomic mass is 16.5. The SMILES string of the molecule is COC[C@@H]1CN(Cc2cccc(C)n2)CC12CCN(C(=O)C1CC1)CC2. The van der Waals surface area contributed by atoms with E-state index in [-0.39, 0.29) is 0 Å². The summed E-state index contributed by atoms with van der Waals surface area (Å²) in [7, 11) is 1.81. The molecular formula is C21H31N3O2. The third kappa shape index (κ3) is 3.65. The minimum absolute atomic E-state index is 0.292. The number of piperidine rings is 1. The molecule has 4 rings (SSSR count). The van der Waals surface area contributed by atoms with Crippen molar-refractivity contribution >= 4 is 5.91 Å². The van der Waals surface area contributed by atoms with Crippen LogP contribution in [0, 0.1) is 24.2 Å². The molecule has 5 nitrogen and oxygen atoms in total. The van der Waals surface area contributed by atoms with Gasteiger partial charge in [-0.25, -0.2) is 0 Å². The van der Waals surface area contributed by atoms with E-state index in [0.29, 0.717) is 23.2 Å². The monoisotopic (exact) mass is 357 g/mol. The Morgan fingerprint density at radius 2 is 2.08 bits per heavy atom. The van der Waals surface area contributed by atoms with Gasteiger partial charge in [-0.05, 0) is 50.2 Å². The summed E-state index contributed by atoms with van der Waals surface area (Å²) >= 11 is 0. The molecule has 1 saturated carbocycles. The van der Waals surface area contributed by atoms with Crippen LogP contribution in [-0.2, 0) is 16.1 Å². The van der Waals surface area contributed by atoms with Crippen molar-refractivity contribution in [3.8, 4) is 0 Å². The fourth-order valence-corrected chi connectivity index (χ4v) is 4.94. The van der Waals surface area contributed by atoms with E-state index < -0.39 is 0 Å². The molecule has 1 amide bonds. The smallest absolute Gasteiger partial charge is 0.225 e. The van der Waals surface area contributed by atoms with Crippen molar-refractivity contribution in [2.24, 2.45) is 17.3 Å². The van der Waals surface area contributed by atoms with Crippen LogP contribution in [0.25, 0.3) is 0 Å². The van der Waals surface area contributed by atoms with Crippen LogP contribution in [0.1, 0.15) is 37.1 Å². The Balaban J connectivity index is 1.42. The molecule has 142 valence electrons. The van der Waals surface area contributed by atoms with Gasteiger partial charge in [-0.3, -0.25) is 14.7 Å². The van der Waals surface area contributed by atoms with Gasteiger partial charge < -0.3 is 9.64 Å². The molecule has 5 heteroatoms. The van der Waals surface area contributed by atoms with E-state index in [0.717, 1.165) is 76.4 Å². The minimum atomic E-state index is 0.292. The van der Waals surface area contributed by atoms with Crippen LogP contribution in [-0.4, -0.2) is 60.6 Å².